The van der Waals surface area contributed by atoms with Gasteiger partial charge in [-0.15, -0.1) is 0 Å². The van der Waals surface area contributed by atoms with Crippen LogP contribution in [0.3, 0.4) is 0 Å². The van der Waals surface area contributed by atoms with E-state index < -0.39 is 29.9 Å². The van der Waals surface area contributed by atoms with Crippen molar-refractivity contribution < 1.29 is 37.0 Å². The summed E-state index contributed by atoms with van der Waals surface area (Å²) < 4.78 is 55.7. The maximum atomic E-state index is 13.4. The lowest BCUT2D eigenvalue weighted by Gasteiger charge is -2.35. The van der Waals surface area contributed by atoms with Crippen LogP contribution in [0.4, 0.5) is 35.3 Å². The lowest BCUT2D eigenvalue weighted by Crippen LogP contribution is -2.49. The van der Waals surface area contributed by atoms with Crippen molar-refractivity contribution in [1.82, 2.24) is 15.3 Å². The zero-order chi connectivity index (χ0) is 27.9. The van der Waals surface area contributed by atoms with Gasteiger partial charge in [0.05, 0.1) is 24.5 Å². The van der Waals surface area contributed by atoms with Gasteiger partial charge in [0.15, 0.2) is 11.6 Å². The summed E-state index contributed by atoms with van der Waals surface area (Å²) >= 11 is 0. The predicted octanol–water partition coefficient (Wildman–Crippen LogP) is 3.32. The topological polar surface area (TPSA) is 118 Å². The minimum absolute atomic E-state index is 0.204. The number of fused-ring (bicyclic) bond motifs is 4. The Morgan fingerprint density at radius 1 is 1.26 bits per heavy atom. The molecule has 2 fully saturated rings. The Morgan fingerprint density at radius 2 is 2.05 bits per heavy atom. The highest BCUT2D eigenvalue weighted by Gasteiger charge is 2.41. The number of nitrogens with one attached hydrogen (secondary N) is 2. The molecule has 0 unspecified atom stereocenters. The Labute approximate surface area is 222 Å². The largest absolute Gasteiger partial charge is 0.489 e. The van der Waals surface area contributed by atoms with Gasteiger partial charge in [-0.25, -0.2) is 14.8 Å². The second kappa shape index (κ2) is 10.2. The molecule has 2 N–H and O–H groups in total. The van der Waals surface area contributed by atoms with Gasteiger partial charge in [-0.05, 0) is 51.5 Å². The van der Waals surface area contributed by atoms with Gasteiger partial charge in [0.1, 0.15) is 36.0 Å². The van der Waals surface area contributed by atoms with E-state index in [0.717, 1.165) is 6.92 Å². The number of ether oxygens (including phenoxy) is 3. The lowest BCUT2D eigenvalue weighted by atomic mass is 10.1. The third-order valence-electron chi connectivity index (χ3n) is 6.72. The predicted molar refractivity (Wildman–Crippen MR) is 134 cm³/mol. The number of carbonyl (C=O) groups excluding carboxylic acids is 2. The third-order valence-corrected chi connectivity index (χ3v) is 6.72. The summed E-state index contributed by atoms with van der Waals surface area (Å²) in [5, 5.41) is 4.65. The highest BCUT2D eigenvalue weighted by molar-refractivity contribution is 6.05. The van der Waals surface area contributed by atoms with E-state index in [1.807, 2.05) is 24.1 Å². The van der Waals surface area contributed by atoms with Crippen LogP contribution in [-0.2, 0) is 9.47 Å². The van der Waals surface area contributed by atoms with Crippen LogP contribution in [0.1, 0.15) is 37.7 Å². The van der Waals surface area contributed by atoms with Gasteiger partial charge < -0.3 is 24.4 Å². The molecule has 0 spiro atoms. The number of urea groups is 1. The summed E-state index contributed by atoms with van der Waals surface area (Å²) in [5.41, 5.74) is 0.405. The fraction of sp³-hybridized carbons (Fsp3) is 0.520. The molecule has 0 aromatic carbocycles. The van der Waals surface area contributed by atoms with Gasteiger partial charge in [-0.1, -0.05) is 0 Å². The zero-order valence-corrected chi connectivity index (χ0v) is 21.6. The summed E-state index contributed by atoms with van der Waals surface area (Å²) in [4.78, 5) is 37.9. The van der Waals surface area contributed by atoms with Gasteiger partial charge in [0, 0.05) is 13.1 Å². The van der Waals surface area contributed by atoms with Crippen molar-refractivity contribution >= 4 is 29.3 Å². The fourth-order valence-electron chi connectivity index (χ4n) is 4.69. The molecule has 11 nitrogen and oxygen atoms in total. The normalized spacial score (nSPS) is 22.3. The molecular formula is C25H29F3N6O5. The number of rotatable bonds is 6. The summed E-state index contributed by atoms with van der Waals surface area (Å²) in [6.07, 6.45) is -2.66. The number of nitrogens with zero attached hydrogens (tertiary/aromatic N) is 4. The van der Waals surface area contributed by atoms with Crippen LogP contribution in [0.2, 0.25) is 0 Å². The van der Waals surface area contributed by atoms with Crippen molar-refractivity contribution in [2.24, 2.45) is 0 Å². The Bertz CT molecular complexity index is 1240. The Hall–Kier alpha value is -3.65. The molecule has 5 rings (SSSR count). The van der Waals surface area contributed by atoms with Crippen LogP contribution in [0.15, 0.2) is 30.5 Å². The second-order valence-corrected chi connectivity index (χ2v) is 10.1. The summed E-state index contributed by atoms with van der Waals surface area (Å²) in [7, 11) is 0. The van der Waals surface area contributed by atoms with Crippen molar-refractivity contribution in [2.45, 2.75) is 57.3 Å². The van der Waals surface area contributed by atoms with E-state index in [0.29, 0.717) is 37.6 Å². The van der Waals surface area contributed by atoms with Crippen molar-refractivity contribution in [3.05, 3.63) is 36.2 Å². The quantitative estimate of drug-likeness (QED) is 0.563. The zero-order valence-electron chi connectivity index (χ0n) is 21.6. The molecule has 14 heteroatoms. The molecule has 3 aliphatic rings. The van der Waals surface area contributed by atoms with E-state index >= 15 is 0 Å². The van der Waals surface area contributed by atoms with E-state index in [9.17, 15) is 22.8 Å². The van der Waals surface area contributed by atoms with E-state index in [2.05, 4.69) is 15.3 Å². The second-order valence-electron chi connectivity index (χ2n) is 10.1. The first-order valence-electron chi connectivity index (χ1n) is 12.5. The van der Waals surface area contributed by atoms with E-state index in [1.165, 1.54) is 17.2 Å². The summed E-state index contributed by atoms with van der Waals surface area (Å²) in [6.45, 7) is 6.46. The molecule has 2 saturated heterocycles. The van der Waals surface area contributed by atoms with E-state index in [-0.39, 0.29) is 36.1 Å². The molecule has 2 bridgehead atoms. The maximum absolute atomic E-state index is 13.4. The molecule has 210 valence electrons. The number of alkyl halides is 3. The molecule has 3 amide bonds. The van der Waals surface area contributed by atoms with Crippen LogP contribution in [0.5, 0.6) is 5.75 Å². The maximum Gasteiger partial charge on any atom is 0.408 e. The number of hydrogen-bond acceptors (Lipinski definition) is 8. The number of amides is 3. The smallest absolute Gasteiger partial charge is 0.408 e. The first kappa shape index (κ1) is 26.9. The Balaban J connectivity index is 1.27. The van der Waals surface area contributed by atoms with E-state index in [1.54, 1.807) is 18.2 Å². The molecular weight excluding hydrogens is 521 g/mol. The van der Waals surface area contributed by atoms with Gasteiger partial charge in [0.2, 0.25) is 0 Å². The molecule has 39 heavy (non-hydrogen) atoms. The number of pyridine rings is 2. The van der Waals surface area contributed by atoms with E-state index in [4.69, 9.17) is 14.2 Å². The minimum atomic E-state index is -4.59. The number of anilines is 3. The van der Waals surface area contributed by atoms with Crippen LogP contribution in [0, 0.1) is 0 Å². The number of hydrogen-bond donors (Lipinski definition) is 2. The number of halogens is 3. The first-order valence-corrected chi connectivity index (χ1v) is 12.5. The monoisotopic (exact) mass is 550 g/mol. The standard InChI is InChI=1S/C25H29F3N6O5/c1-14(25(26,27)28)30-22(35)18-5-6-19-21(31-18)34(15-8-9-33(19)11-15)23(36)32-20-7-4-16(10-29-20)37-12-17-13-38-24(2,3)39-17/h4-7,10,14-15,17H,8-9,11-13H2,1-3H3,(H,30,35)(H,29,32,36)/t14-,15+,17+/m1/s1. The third kappa shape index (κ3) is 5.86. The number of carbonyl (C=O) groups is 2. The van der Waals surface area contributed by atoms with Gasteiger partial charge in [-0.2, -0.15) is 13.2 Å². The molecule has 2 aromatic heterocycles. The fourth-order valence-corrected chi connectivity index (χ4v) is 4.69. The number of aromatic nitrogens is 2. The Morgan fingerprint density at radius 3 is 2.72 bits per heavy atom. The van der Waals surface area contributed by atoms with Crippen LogP contribution >= 0.6 is 0 Å². The van der Waals surface area contributed by atoms with Crippen molar-refractivity contribution in [3.63, 3.8) is 0 Å². The average molecular weight is 551 g/mol. The van der Waals surface area contributed by atoms with Gasteiger partial charge >= 0.3 is 12.2 Å². The van der Waals surface area contributed by atoms with Crippen molar-refractivity contribution in [1.29, 1.82) is 0 Å². The molecule has 0 aliphatic carbocycles. The van der Waals surface area contributed by atoms with Crippen LogP contribution < -0.4 is 25.2 Å². The van der Waals surface area contributed by atoms with Crippen LogP contribution in [0.25, 0.3) is 0 Å². The van der Waals surface area contributed by atoms with Crippen LogP contribution in [-0.4, -0.2) is 78.4 Å². The SMILES string of the molecule is C[C@@H](NC(=O)c1ccc2c(n1)N(C(=O)Nc1ccc(OC[C@H]3COC(C)(C)O3)cn1)[C@H]1CCN2C1)C(F)(F)F. The molecule has 3 atom stereocenters. The van der Waals surface area contributed by atoms with Crippen molar-refractivity contribution in [2.75, 3.05) is 41.4 Å². The van der Waals surface area contributed by atoms with Crippen molar-refractivity contribution in [3.8, 4) is 5.75 Å². The molecule has 0 saturated carbocycles. The lowest BCUT2D eigenvalue weighted by molar-refractivity contribution is -0.149. The first-order chi connectivity index (χ1) is 18.4. The van der Waals surface area contributed by atoms with Gasteiger partial charge in [0.25, 0.3) is 5.91 Å². The average Bonchev–Trinajstić information content (AvgIpc) is 3.45. The molecule has 0 radical (unpaired) electrons. The highest BCUT2D eigenvalue weighted by Crippen LogP contribution is 2.39. The summed E-state index contributed by atoms with van der Waals surface area (Å²) in [6, 6.07) is 3.41. The molecule has 5 heterocycles. The molecule has 2 aromatic rings. The minimum Gasteiger partial charge on any atom is -0.489 e. The van der Waals surface area contributed by atoms with Gasteiger partial charge in [-0.3, -0.25) is 15.0 Å². The highest BCUT2D eigenvalue weighted by atomic mass is 19.4. The summed E-state index contributed by atoms with van der Waals surface area (Å²) in [5.74, 6) is -0.670. The Kier molecular flexibility index (Phi) is 7.01. The molecule has 3 aliphatic heterocycles.